The molecule has 1 saturated carbocycles. The molecule has 3 nitrogen and oxygen atoms in total. The van der Waals surface area contributed by atoms with Crippen LogP contribution in [0.5, 0.6) is 0 Å². The maximum absolute atomic E-state index is 10.9. The van der Waals surface area contributed by atoms with Gasteiger partial charge in [-0.1, -0.05) is 20.3 Å². The topological polar surface area (TPSA) is 63.3 Å². The lowest BCUT2D eigenvalue weighted by Crippen LogP contribution is -2.48. The van der Waals surface area contributed by atoms with Gasteiger partial charge < -0.3 is 10.8 Å². The molecule has 0 aliphatic heterocycles. The summed E-state index contributed by atoms with van der Waals surface area (Å²) >= 11 is 0. The van der Waals surface area contributed by atoms with E-state index in [9.17, 15) is 4.79 Å². The molecule has 88 valence electrons. The summed E-state index contributed by atoms with van der Waals surface area (Å²) in [5.41, 5.74) is 5.84. The van der Waals surface area contributed by atoms with Crippen LogP contribution in [0, 0.1) is 17.3 Å². The summed E-state index contributed by atoms with van der Waals surface area (Å²) in [6, 6.07) is -0.0314. The highest BCUT2D eigenvalue weighted by Gasteiger charge is 2.44. The van der Waals surface area contributed by atoms with E-state index in [4.69, 9.17) is 10.8 Å². The van der Waals surface area contributed by atoms with E-state index in [0.29, 0.717) is 11.8 Å². The van der Waals surface area contributed by atoms with Crippen molar-refractivity contribution in [3.63, 3.8) is 0 Å². The average Bonchev–Trinajstić information content (AvgIpc) is 2.09. The lowest BCUT2D eigenvalue weighted by molar-refractivity contribution is -0.142. The van der Waals surface area contributed by atoms with E-state index in [2.05, 4.69) is 13.8 Å². The molecule has 0 spiro atoms. The lowest BCUT2D eigenvalue weighted by atomic mass is 9.59. The van der Waals surface area contributed by atoms with Crippen LogP contribution >= 0.6 is 0 Å². The Bertz CT molecular complexity index is 240. The van der Waals surface area contributed by atoms with Crippen molar-refractivity contribution in [1.29, 1.82) is 0 Å². The van der Waals surface area contributed by atoms with Crippen LogP contribution < -0.4 is 5.73 Å². The van der Waals surface area contributed by atoms with Gasteiger partial charge in [0.15, 0.2) is 0 Å². The number of carboxylic acid groups (broad SMARTS) is 1. The molecule has 1 fully saturated rings. The highest BCUT2D eigenvalue weighted by atomic mass is 16.4. The fourth-order valence-electron chi connectivity index (χ4n) is 3.10. The van der Waals surface area contributed by atoms with Crippen molar-refractivity contribution in [3.05, 3.63) is 0 Å². The fraction of sp³-hybridized carbons (Fsp3) is 0.917. The first-order chi connectivity index (χ1) is 6.88. The second-order valence-electron chi connectivity index (χ2n) is 5.37. The van der Waals surface area contributed by atoms with Crippen LogP contribution in [0.15, 0.2) is 0 Å². The average molecular weight is 213 g/mol. The monoisotopic (exact) mass is 213 g/mol. The Hall–Kier alpha value is -0.570. The second kappa shape index (κ2) is 4.52. The minimum absolute atomic E-state index is 0.0314. The van der Waals surface area contributed by atoms with Gasteiger partial charge in [0.1, 0.15) is 0 Å². The SMILES string of the molecule is CC1CCC(CC(=O)O)(C(C)N)C(C)C1. The smallest absolute Gasteiger partial charge is 0.303 e. The van der Waals surface area contributed by atoms with Crippen molar-refractivity contribution in [1.82, 2.24) is 0 Å². The first-order valence-electron chi connectivity index (χ1n) is 5.86. The Balaban J connectivity index is 2.85. The number of hydrogen-bond acceptors (Lipinski definition) is 2. The molecule has 0 bridgehead atoms. The van der Waals surface area contributed by atoms with Crippen LogP contribution in [0.1, 0.15) is 46.5 Å². The zero-order valence-electron chi connectivity index (χ0n) is 9.99. The number of aliphatic carboxylic acids is 1. The molecule has 0 aromatic rings. The van der Waals surface area contributed by atoms with E-state index in [1.165, 1.54) is 0 Å². The largest absolute Gasteiger partial charge is 0.481 e. The van der Waals surface area contributed by atoms with Crippen molar-refractivity contribution in [3.8, 4) is 0 Å². The summed E-state index contributed by atoms with van der Waals surface area (Å²) in [5.74, 6) is 0.409. The highest BCUT2D eigenvalue weighted by Crippen LogP contribution is 2.47. The third-order valence-corrected chi connectivity index (χ3v) is 4.23. The van der Waals surface area contributed by atoms with Gasteiger partial charge in [-0.05, 0) is 37.0 Å². The summed E-state index contributed by atoms with van der Waals surface area (Å²) in [7, 11) is 0. The third kappa shape index (κ3) is 2.51. The molecule has 0 aromatic carbocycles. The molecule has 0 saturated heterocycles. The molecule has 0 aromatic heterocycles. The van der Waals surface area contributed by atoms with E-state index < -0.39 is 5.97 Å². The lowest BCUT2D eigenvalue weighted by Gasteiger charge is -2.46. The Morgan fingerprint density at radius 2 is 2.20 bits per heavy atom. The maximum Gasteiger partial charge on any atom is 0.303 e. The van der Waals surface area contributed by atoms with Crippen LogP contribution in [0.3, 0.4) is 0 Å². The van der Waals surface area contributed by atoms with Crippen molar-refractivity contribution in [2.45, 2.75) is 52.5 Å². The van der Waals surface area contributed by atoms with Gasteiger partial charge in [-0.25, -0.2) is 0 Å². The molecule has 0 heterocycles. The maximum atomic E-state index is 10.9. The Morgan fingerprint density at radius 3 is 2.60 bits per heavy atom. The summed E-state index contributed by atoms with van der Waals surface area (Å²) < 4.78 is 0. The summed E-state index contributed by atoms with van der Waals surface area (Å²) in [6.07, 6.45) is 3.39. The van der Waals surface area contributed by atoms with Gasteiger partial charge in [0.25, 0.3) is 0 Å². The molecule has 0 radical (unpaired) electrons. The predicted octanol–water partition coefficient (Wildman–Crippen LogP) is 2.25. The molecule has 0 amide bonds. The van der Waals surface area contributed by atoms with Gasteiger partial charge in [0.2, 0.25) is 0 Å². The predicted molar refractivity (Wildman–Crippen MR) is 60.5 cm³/mol. The van der Waals surface area contributed by atoms with E-state index in [-0.39, 0.29) is 17.9 Å². The second-order valence-corrected chi connectivity index (χ2v) is 5.37. The molecular weight excluding hydrogens is 190 g/mol. The van der Waals surface area contributed by atoms with Crippen LogP contribution in [0.25, 0.3) is 0 Å². The molecule has 3 N–H and O–H groups in total. The van der Waals surface area contributed by atoms with Gasteiger partial charge in [-0.3, -0.25) is 4.79 Å². The summed E-state index contributed by atoms with van der Waals surface area (Å²) in [5, 5.41) is 9.01. The van der Waals surface area contributed by atoms with Crippen LogP contribution in [0.4, 0.5) is 0 Å². The minimum atomic E-state index is -0.714. The Morgan fingerprint density at radius 1 is 1.60 bits per heavy atom. The molecule has 4 atom stereocenters. The number of hydrogen-bond donors (Lipinski definition) is 2. The van der Waals surface area contributed by atoms with Gasteiger partial charge in [-0.2, -0.15) is 0 Å². The standard InChI is InChI=1S/C12H23NO2/c1-8-4-5-12(10(3)13,7-11(14)15)9(2)6-8/h8-10H,4-7,13H2,1-3H3,(H,14,15). The van der Waals surface area contributed by atoms with Gasteiger partial charge >= 0.3 is 5.97 Å². The number of carbonyl (C=O) groups is 1. The zero-order valence-corrected chi connectivity index (χ0v) is 9.99. The molecule has 3 heteroatoms. The van der Waals surface area contributed by atoms with E-state index in [0.717, 1.165) is 19.3 Å². The number of nitrogens with two attached hydrogens (primary N) is 1. The first kappa shape index (κ1) is 12.5. The van der Waals surface area contributed by atoms with E-state index in [1.807, 2.05) is 6.92 Å². The quantitative estimate of drug-likeness (QED) is 0.755. The normalized spacial score (nSPS) is 38.7. The van der Waals surface area contributed by atoms with E-state index >= 15 is 0 Å². The summed E-state index contributed by atoms with van der Waals surface area (Å²) in [6.45, 7) is 6.35. The molecule has 15 heavy (non-hydrogen) atoms. The molecular formula is C12H23NO2. The molecule has 1 aliphatic rings. The first-order valence-corrected chi connectivity index (χ1v) is 5.86. The van der Waals surface area contributed by atoms with Gasteiger partial charge in [0, 0.05) is 6.04 Å². The van der Waals surface area contributed by atoms with Crippen LogP contribution in [-0.4, -0.2) is 17.1 Å². The highest BCUT2D eigenvalue weighted by molar-refractivity contribution is 5.68. The molecule has 4 unspecified atom stereocenters. The van der Waals surface area contributed by atoms with Crippen molar-refractivity contribution < 1.29 is 9.90 Å². The van der Waals surface area contributed by atoms with E-state index in [1.54, 1.807) is 0 Å². The zero-order chi connectivity index (χ0) is 11.6. The summed E-state index contributed by atoms with van der Waals surface area (Å²) in [4.78, 5) is 10.9. The minimum Gasteiger partial charge on any atom is -0.481 e. The third-order valence-electron chi connectivity index (χ3n) is 4.23. The van der Waals surface area contributed by atoms with Crippen molar-refractivity contribution >= 4 is 5.97 Å². The van der Waals surface area contributed by atoms with Crippen LogP contribution in [0.2, 0.25) is 0 Å². The fourth-order valence-corrected chi connectivity index (χ4v) is 3.10. The van der Waals surface area contributed by atoms with Crippen molar-refractivity contribution in [2.75, 3.05) is 0 Å². The Labute approximate surface area is 92.0 Å². The molecule has 1 aliphatic carbocycles. The molecule has 1 rings (SSSR count). The Kier molecular flexibility index (Phi) is 3.77. The number of carboxylic acids is 1. The number of rotatable bonds is 3. The van der Waals surface area contributed by atoms with Crippen molar-refractivity contribution in [2.24, 2.45) is 23.0 Å². The van der Waals surface area contributed by atoms with Gasteiger partial charge in [-0.15, -0.1) is 0 Å². The van der Waals surface area contributed by atoms with Gasteiger partial charge in [0.05, 0.1) is 6.42 Å². The van der Waals surface area contributed by atoms with Crippen LogP contribution in [-0.2, 0) is 4.79 Å².